The van der Waals surface area contributed by atoms with E-state index in [0.29, 0.717) is 31.5 Å². The first kappa shape index (κ1) is 24.9. The Balaban J connectivity index is 1.55. The van der Waals surface area contributed by atoms with Gasteiger partial charge < -0.3 is 20.5 Å². The van der Waals surface area contributed by atoms with Crippen LogP contribution >= 0.6 is 0 Å². The van der Waals surface area contributed by atoms with E-state index < -0.39 is 6.09 Å². The normalized spacial score (nSPS) is 18.1. The van der Waals surface area contributed by atoms with Crippen molar-refractivity contribution in [2.75, 3.05) is 12.0 Å². The Morgan fingerprint density at radius 2 is 1.64 bits per heavy atom. The van der Waals surface area contributed by atoms with Crippen LogP contribution in [0.3, 0.4) is 0 Å². The van der Waals surface area contributed by atoms with Gasteiger partial charge in [0.15, 0.2) is 0 Å². The maximum absolute atomic E-state index is 13.5. The summed E-state index contributed by atoms with van der Waals surface area (Å²) < 4.78 is 5.02. The van der Waals surface area contributed by atoms with Crippen molar-refractivity contribution in [1.29, 1.82) is 0 Å². The summed E-state index contributed by atoms with van der Waals surface area (Å²) >= 11 is 0. The molecule has 1 fully saturated rings. The number of methoxy groups -OCH3 is 1. The number of amides is 3. The van der Waals surface area contributed by atoms with Crippen LogP contribution in [-0.4, -0.2) is 51.4 Å². The molecule has 188 valence electrons. The molecule has 0 aliphatic heterocycles. The van der Waals surface area contributed by atoms with Crippen LogP contribution in [0.4, 0.5) is 15.4 Å². The Labute approximate surface area is 209 Å². The molecule has 3 aromatic rings. The number of carbonyl (C=O) groups is 2. The number of rotatable bonds is 7. The molecular formula is C26H30N6O4. The average molecular weight is 491 g/mol. The van der Waals surface area contributed by atoms with Crippen molar-refractivity contribution < 1.29 is 19.4 Å². The van der Waals surface area contributed by atoms with E-state index in [2.05, 4.69) is 25.6 Å². The minimum atomic E-state index is -1.02. The molecule has 4 rings (SSSR count). The predicted molar refractivity (Wildman–Crippen MR) is 135 cm³/mol. The number of nitrogens with zero attached hydrogens (tertiary/aromatic N) is 4. The van der Waals surface area contributed by atoms with Gasteiger partial charge in [0.1, 0.15) is 5.82 Å². The van der Waals surface area contributed by atoms with Crippen molar-refractivity contribution in [3.63, 3.8) is 0 Å². The smallest absolute Gasteiger partial charge is 0.404 e. The molecule has 2 heterocycles. The first-order valence-electron chi connectivity index (χ1n) is 11.9. The fraction of sp³-hybridized carbons (Fsp3) is 0.346. The molecule has 1 saturated carbocycles. The van der Waals surface area contributed by atoms with E-state index in [1.165, 1.54) is 7.11 Å². The Hall–Kier alpha value is -4.21. The lowest BCUT2D eigenvalue weighted by Crippen LogP contribution is -2.50. The summed E-state index contributed by atoms with van der Waals surface area (Å²) in [6.07, 6.45) is 6.61. The molecule has 1 aliphatic carbocycles. The Morgan fingerprint density at radius 1 is 0.972 bits per heavy atom. The van der Waals surface area contributed by atoms with E-state index in [0.717, 1.165) is 16.7 Å². The van der Waals surface area contributed by atoms with Crippen molar-refractivity contribution in [2.45, 2.75) is 50.7 Å². The molecule has 0 saturated heterocycles. The number of benzene rings is 1. The van der Waals surface area contributed by atoms with Gasteiger partial charge >= 0.3 is 18.1 Å². The predicted octanol–water partition coefficient (Wildman–Crippen LogP) is 4.40. The number of carboxylic acid groups (broad SMARTS) is 1. The second kappa shape index (κ2) is 11.5. The largest absolute Gasteiger partial charge is 0.467 e. The molecule has 1 aliphatic rings. The van der Waals surface area contributed by atoms with Crippen LogP contribution in [0.25, 0.3) is 11.1 Å². The van der Waals surface area contributed by atoms with Gasteiger partial charge in [0, 0.05) is 41.8 Å². The summed E-state index contributed by atoms with van der Waals surface area (Å²) in [5.41, 5.74) is 2.60. The van der Waals surface area contributed by atoms with Gasteiger partial charge in [-0.15, -0.1) is 0 Å². The van der Waals surface area contributed by atoms with Crippen LogP contribution in [-0.2, 0) is 0 Å². The molecular weight excluding hydrogens is 460 g/mol. The minimum absolute atomic E-state index is 0.109. The number of hydrogen-bond donors (Lipinski definition) is 3. The lowest BCUT2D eigenvalue weighted by molar-refractivity contribution is 0.184. The van der Waals surface area contributed by atoms with Crippen molar-refractivity contribution in [1.82, 2.24) is 25.6 Å². The first-order chi connectivity index (χ1) is 17.4. The minimum Gasteiger partial charge on any atom is -0.467 e. The zero-order valence-electron chi connectivity index (χ0n) is 20.3. The number of ether oxygens (including phenoxy) is 1. The van der Waals surface area contributed by atoms with Crippen LogP contribution in [0.15, 0.2) is 61.1 Å². The van der Waals surface area contributed by atoms with Crippen LogP contribution < -0.4 is 20.3 Å². The van der Waals surface area contributed by atoms with Gasteiger partial charge in [-0.25, -0.2) is 24.5 Å². The third kappa shape index (κ3) is 6.07. The molecule has 3 N–H and O–H groups in total. The fourth-order valence-corrected chi connectivity index (χ4v) is 4.46. The number of hydrogen-bond acceptors (Lipinski definition) is 6. The van der Waals surface area contributed by atoms with E-state index >= 15 is 0 Å². The molecule has 36 heavy (non-hydrogen) atoms. The van der Waals surface area contributed by atoms with E-state index in [9.17, 15) is 9.59 Å². The van der Waals surface area contributed by atoms with Crippen LogP contribution in [0, 0.1) is 0 Å². The Morgan fingerprint density at radius 3 is 2.22 bits per heavy atom. The molecule has 0 radical (unpaired) electrons. The highest BCUT2D eigenvalue weighted by Gasteiger charge is 2.32. The first-order valence-corrected chi connectivity index (χ1v) is 11.9. The van der Waals surface area contributed by atoms with E-state index in [1.54, 1.807) is 23.5 Å². The monoisotopic (exact) mass is 490 g/mol. The summed E-state index contributed by atoms with van der Waals surface area (Å²) in [5, 5.41) is 14.7. The van der Waals surface area contributed by atoms with Gasteiger partial charge in [0.25, 0.3) is 0 Å². The van der Waals surface area contributed by atoms with Crippen molar-refractivity contribution in [3.05, 3.63) is 66.6 Å². The third-order valence-corrected chi connectivity index (χ3v) is 6.39. The van der Waals surface area contributed by atoms with Gasteiger partial charge in [0.05, 0.1) is 13.2 Å². The molecule has 10 nitrogen and oxygen atoms in total. The molecule has 0 spiro atoms. The molecule has 10 heteroatoms. The molecule has 1 unspecified atom stereocenters. The van der Waals surface area contributed by atoms with E-state index in [1.807, 2.05) is 49.4 Å². The van der Waals surface area contributed by atoms with Crippen LogP contribution in [0.5, 0.6) is 6.01 Å². The summed E-state index contributed by atoms with van der Waals surface area (Å²) in [6, 6.07) is 13.1. The summed E-state index contributed by atoms with van der Waals surface area (Å²) in [4.78, 5) is 39.2. The summed E-state index contributed by atoms with van der Waals surface area (Å²) in [6.45, 7) is 1.94. The number of nitrogens with one attached hydrogen (secondary N) is 2. The van der Waals surface area contributed by atoms with Gasteiger partial charge in [-0.05, 0) is 50.3 Å². The van der Waals surface area contributed by atoms with Crippen LogP contribution in [0.1, 0.15) is 44.2 Å². The van der Waals surface area contributed by atoms with Gasteiger partial charge in [-0.3, -0.25) is 4.90 Å². The second-order valence-corrected chi connectivity index (χ2v) is 8.77. The topological polar surface area (TPSA) is 130 Å². The standard InChI is InChI=1S/C26H30N6O4/c1-17(18-6-4-3-5-7-18)30-25(33)32(22-11-9-21(10-12-22)31-26(34)35)23-13-8-19(14-27-23)20-15-28-24(36-2)29-16-20/h3-8,13-17,21-22,31H,9-12H2,1-2H3,(H,30,33)(H,34,35)/t17?,21-,22-. The number of pyridine rings is 1. The number of carbonyl (C=O) groups excluding carboxylic acids is 1. The SMILES string of the molecule is COc1ncc(-c2ccc(N(C(=O)NC(C)c3ccccc3)[C@H]3CC[C@H](NC(=O)O)CC3)nc2)cn1. The molecule has 1 atom stereocenters. The number of anilines is 1. The van der Waals surface area contributed by atoms with E-state index in [-0.39, 0.29) is 30.2 Å². The van der Waals surface area contributed by atoms with Crippen molar-refractivity contribution in [2.24, 2.45) is 0 Å². The van der Waals surface area contributed by atoms with E-state index in [4.69, 9.17) is 9.84 Å². The maximum Gasteiger partial charge on any atom is 0.404 e. The zero-order valence-corrected chi connectivity index (χ0v) is 20.3. The van der Waals surface area contributed by atoms with Crippen LogP contribution in [0.2, 0.25) is 0 Å². The molecule has 0 bridgehead atoms. The lowest BCUT2D eigenvalue weighted by Gasteiger charge is -2.36. The van der Waals surface area contributed by atoms with Gasteiger partial charge in [0.2, 0.25) is 0 Å². The summed E-state index contributed by atoms with van der Waals surface area (Å²) in [7, 11) is 1.51. The highest BCUT2D eigenvalue weighted by Crippen LogP contribution is 2.29. The van der Waals surface area contributed by atoms with Gasteiger partial charge in [-0.1, -0.05) is 30.3 Å². The third-order valence-electron chi connectivity index (χ3n) is 6.39. The summed E-state index contributed by atoms with van der Waals surface area (Å²) in [5.74, 6) is 0.528. The maximum atomic E-state index is 13.5. The quantitative estimate of drug-likeness (QED) is 0.447. The van der Waals surface area contributed by atoms with Crippen molar-refractivity contribution in [3.8, 4) is 17.1 Å². The molecule has 2 aromatic heterocycles. The zero-order chi connectivity index (χ0) is 25.5. The van der Waals surface area contributed by atoms with Gasteiger partial charge in [-0.2, -0.15) is 0 Å². The number of urea groups is 1. The second-order valence-electron chi connectivity index (χ2n) is 8.77. The Bertz CT molecular complexity index is 1150. The fourth-order valence-electron chi connectivity index (χ4n) is 4.46. The Kier molecular flexibility index (Phi) is 7.94. The lowest BCUT2D eigenvalue weighted by atomic mass is 9.90. The molecule has 1 aromatic carbocycles. The molecule has 3 amide bonds. The highest BCUT2D eigenvalue weighted by atomic mass is 16.5. The average Bonchev–Trinajstić information content (AvgIpc) is 2.90. The van der Waals surface area contributed by atoms with Crippen molar-refractivity contribution >= 4 is 17.9 Å². The highest BCUT2D eigenvalue weighted by molar-refractivity contribution is 5.92. The number of aromatic nitrogens is 3.